The van der Waals surface area contributed by atoms with Crippen LogP contribution in [0.1, 0.15) is 92.4 Å². The van der Waals surface area contributed by atoms with Gasteiger partial charge in [-0.1, -0.05) is 25.5 Å². The number of hydrogen-bond acceptors (Lipinski definition) is 6. The molecule has 0 amide bonds. The summed E-state index contributed by atoms with van der Waals surface area (Å²) in [5.41, 5.74) is 1.92. The number of fused-ring (bicyclic) bond motifs is 5. The molecule has 0 radical (unpaired) electrons. The van der Waals surface area contributed by atoms with Crippen LogP contribution in [-0.4, -0.2) is 41.6 Å². The van der Waals surface area contributed by atoms with Gasteiger partial charge in [0.1, 0.15) is 18.5 Å². The summed E-state index contributed by atoms with van der Waals surface area (Å²) in [6.45, 7) is 9.46. The van der Waals surface area contributed by atoms with Gasteiger partial charge in [0.15, 0.2) is 0 Å². The summed E-state index contributed by atoms with van der Waals surface area (Å²) in [5.74, 6) is 1.77. The lowest BCUT2D eigenvalue weighted by atomic mass is 9.48. The van der Waals surface area contributed by atoms with Crippen LogP contribution < -0.4 is 0 Å². The topological polar surface area (TPSA) is 89.9 Å². The fourth-order valence-corrected chi connectivity index (χ4v) is 7.45. The van der Waals surface area contributed by atoms with Crippen molar-refractivity contribution in [3.63, 3.8) is 0 Å². The highest BCUT2D eigenvalue weighted by atomic mass is 16.5. The normalized spacial score (nSPS) is 39.9. The van der Waals surface area contributed by atoms with E-state index in [9.17, 15) is 14.4 Å². The number of carbonyl (C=O) groups excluding carboxylic acids is 3. The van der Waals surface area contributed by atoms with Crippen LogP contribution in [0.5, 0.6) is 0 Å². The van der Waals surface area contributed by atoms with Gasteiger partial charge in [0.25, 0.3) is 0 Å². The summed E-state index contributed by atoms with van der Waals surface area (Å²) in [6, 6.07) is 0. The molecule has 6 heteroatoms. The van der Waals surface area contributed by atoms with Crippen LogP contribution in [0.25, 0.3) is 0 Å². The molecule has 6 nitrogen and oxygen atoms in total. The smallest absolute Gasteiger partial charge is 0.302 e. The summed E-state index contributed by atoms with van der Waals surface area (Å²) in [6.07, 6.45) is 11.8. The van der Waals surface area contributed by atoms with Crippen molar-refractivity contribution >= 4 is 18.2 Å². The molecule has 0 aromatic rings. The molecule has 4 rings (SSSR count). The first-order chi connectivity index (χ1) is 15.5. The number of allylic oxidation sites excluding steroid dienone is 1. The van der Waals surface area contributed by atoms with E-state index in [1.807, 2.05) is 0 Å². The molecule has 0 spiro atoms. The van der Waals surface area contributed by atoms with E-state index in [1.54, 1.807) is 13.8 Å². The molecule has 0 heterocycles. The van der Waals surface area contributed by atoms with E-state index in [4.69, 9.17) is 14.6 Å². The van der Waals surface area contributed by atoms with Crippen molar-refractivity contribution in [1.29, 1.82) is 0 Å². The zero-order chi connectivity index (χ0) is 24.4. The van der Waals surface area contributed by atoms with E-state index in [-0.39, 0.29) is 41.4 Å². The highest BCUT2D eigenvalue weighted by Crippen LogP contribution is 2.65. The minimum atomic E-state index is -0.470. The first-order valence-electron chi connectivity index (χ1n) is 12.7. The average molecular weight is 463 g/mol. The number of esters is 2. The van der Waals surface area contributed by atoms with Gasteiger partial charge in [0, 0.05) is 32.1 Å². The van der Waals surface area contributed by atoms with Gasteiger partial charge in [-0.15, -0.1) is 0 Å². The van der Waals surface area contributed by atoms with Crippen LogP contribution in [0.3, 0.4) is 0 Å². The van der Waals surface area contributed by atoms with E-state index in [0.717, 1.165) is 38.5 Å². The van der Waals surface area contributed by atoms with Gasteiger partial charge >= 0.3 is 11.9 Å². The number of ether oxygens (including phenoxy) is 2. The number of hydrogen-bond donors (Lipinski definition) is 1. The number of carbonyl (C=O) groups is 3. The standard InChI is InChI=1S/C23H34O4.C4H8O2/c1-14(24)26-17-9-11-22(3)16(13-17)5-6-18-19-7-8-21(27-15(2)25)23(19,4)12-10-20(18)22;1-4(6)2-3-5/h5,17-21H,6-13H2,1-4H3;3-4,6H,2H2,1H3/t17?,18-,19-,20-,21?,22-,23-;/m0./s1. The SMILES string of the molecule is CC(=O)OC1CC[C@@]2(C)C(=CC[C@@H]3[C@@H]2CC[C@]2(C)C(OC(C)=O)CC[C@@H]32)C1.CC(O)CC=O. The van der Waals surface area contributed by atoms with Crippen molar-refractivity contribution in [3.05, 3.63) is 11.6 Å². The number of rotatable bonds is 4. The molecule has 8 atom stereocenters. The van der Waals surface area contributed by atoms with Crippen LogP contribution in [-0.2, 0) is 23.9 Å². The summed E-state index contributed by atoms with van der Waals surface area (Å²) in [7, 11) is 0. The molecule has 3 fully saturated rings. The Balaban J connectivity index is 0.000000454. The van der Waals surface area contributed by atoms with Gasteiger partial charge in [0.2, 0.25) is 0 Å². The van der Waals surface area contributed by atoms with Crippen molar-refractivity contribution in [2.75, 3.05) is 0 Å². The van der Waals surface area contributed by atoms with Crippen LogP contribution in [0.2, 0.25) is 0 Å². The Bertz CT molecular complexity index is 773. The Hall–Kier alpha value is -1.69. The molecule has 33 heavy (non-hydrogen) atoms. The average Bonchev–Trinajstić information content (AvgIpc) is 3.04. The molecule has 0 bridgehead atoms. The maximum Gasteiger partial charge on any atom is 0.302 e. The molecule has 0 aromatic carbocycles. The van der Waals surface area contributed by atoms with Crippen molar-refractivity contribution in [3.8, 4) is 0 Å². The van der Waals surface area contributed by atoms with Gasteiger partial charge in [-0.25, -0.2) is 0 Å². The monoisotopic (exact) mass is 462 g/mol. The highest BCUT2D eigenvalue weighted by Gasteiger charge is 2.59. The first-order valence-corrected chi connectivity index (χ1v) is 12.7. The van der Waals surface area contributed by atoms with E-state index in [2.05, 4.69) is 19.9 Å². The molecular weight excluding hydrogens is 420 g/mol. The number of aldehydes is 1. The summed E-state index contributed by atoms with van der Waals surface area (Å²) in [5, 5.41) is 8.32. The maximum atomic E-state index is 11.6. The Morgan fingerprint density at radius 2 is 1.79 bits per heavy atom. The van der Waals surface area contributed by atoms with Gasteiger partial charge < -0.3 is 19.4 Å². The fourth-order valence-electron chi connectivity index (χ4n) is 7.45. The summed E-state index contributed by atoms with van der Waals surface area (Å²) in [4.78, 5) is 32.4. The van der Waals surface area contributed by atoms with Crippen LogP contribution in [0.4, 0.5) is 0 Å². The quantitative estimate of drug-likeness (QED) is 0.368. The van der Waals surface area contributed by atoms with Crippen molar-refractivity contribution in [2.45, 2.75) is 111 Å². The second-order valence-corrected chi connectivity index (χ2v) is 11.2. The van der Waals surface area contributed by atoms with Crippen LogP contribution in [0, 0.1) is 28.6 Å². The van der Waals surface area contributed by atoms with Crippen molar-refractivity contribution in [2.24, 2.45) is 28.6 Å². The minimum Gasteiger partial charge on any atom is -0.462 e. The molecule has 4 aliphatic rings. The molecule has 3 unspecified atom stereocenters. The molecule has 186 valence electrons. The molecule has 1 N–H and O–H groups in total. The lowest BCUT2D eigenvalue weighted by molar-refractivity contribution is -0.157. The second kappa shape index (κ2) is 10.3. The van der Waals surface area contributed by atoms with Gasteiger partial charge in [-0.05, 0) is 75.0 Å². The van der Waals surface area contributed by atoms with Gasteiger partial charge in [0.05, 0.1) is 6.10 Å². The van der Waals surface area contributed by atoms with Gasteiger partial charge in [-0.2, -0.15) is 0 Å². The second-order valence-electron chi connectivity index (χ2n) is 11.2. The predicted octanol–water partition coefficient (Wildman–Crippen LogP) is 4.77. The third-order valence-electron chi connectivity index (χ3n) is 9.05. The zero-order valence-corrected chi connectivity index (χ0v) is 21.0. The Morgan fingerprint density at radius 1 is 1.09 bits per heavy atom. The molecule has 4 aliphatic carbocycles. The van der Waals surface area contributed by atoms with E-state index in [1.165, 1.54) is 25.3 Å². The third kappa shape index (κ3) is 5.36. The van der Waals surface area contributed by atoms with E-state index in [0.29, 0.717) is 24.0 Å². The first kappa shape index (κ1) is 25.9. The molecule has 3 saturated carbocycles. The summed E-state index contributed by atoms with van der Waals surface area (Å²) >= 11 is 0. The molecule has 0 saturated heterocycles. The van der Waals surface area contributed by atoms with E-state index >= 15 is 0 Å². The van der Waals surface area contributed by atoms with Crippen molar-refractivity contribution < 1.29 is 29.0 Å². The van der Waals surface area contributed by atoms with Gasteiger partial charge in [-0.3, -0.25) is 9.59 Å². The Morgan fingerprint density at radius 3 is 2.36 bits per heavy atom. The molecule has 0 aliphatic heterocycles. The molecule has 0 aromatic heterocycles. The predicted molar refractivity (Wildman–Crippen MR) is 125 cm³/mol. The molecular formula is C27H42O6. The minimum absolute atomic E-state index is 0.0621. The van der Waals surface area contributed by atoms with Crippen LogP contribution >= 0.6 is 0 Å². The third-order valence-corrected chi connectivity index (χ3v) is 9.05. The maximum absolute atomic E-state index is 11.6. The Labute approximate surface area is 198 Å². The summed E-state index contributed by atoms with van der Waals surface area (Å²) < 4.78 is 11.3. The van der Waals surface area contributed by atoms with Crippen molar-refractivity contribution in [1.82, 2.24) is 0 Å². The number of aliphatic hydroxyl groups is 1. The zero-order valence-electron chi connectivity index (χ0n) is 21.0. The lowest BCUT2D eigenvalue weighted by Crippen LogP contribution is -2.51. The Kier molecular flexibility index (Phi) is 8.08. The number of aliphatic hydroxyl groups excluding tert-OH is 1. The van der Waals surface area contributed by atoms with E-state index < -0.39 is 6.10 Å². The van der Waals surface area contributed by atoms with Crippen LogP contribution in [0.15, 0.2) is 11.6 Å². The lowest BCUT2D eigenvalue weighted by Gasteiger charge is -2.57. The fraction of sp³-hybridized carbons (Fsp3) is 0.815. The largest absolute Gasteiger partial charge is 0.462 e. The highest BCUT2D eigenvalue weighted by molar-refractivity contribution is 5.66.